The maximum absolute atomic E-state index is 13.3. The Morgan fingerprint density at radius 2 is 1.81 bits per heavy atom. The molecule has 1 unspecified atom stereocenters. The van der Waals surface area contributed by atoms with Crippen molar-refractivity contribution in [3.63, 3.8) is 0 Å². The lowest BCUT2D eigenvalue weighted by Crippen LogP contribution is -2.31. The van der Waals surface area contributed by atoms with E-state index in [1.807, 2.05) is 6.07 Å². The Bertz CT molecular complexity index is 565. The second kappa shape index (κ2) is 7.94. The van der Waals surface area contributed by atoms with Crippen molar-refractivity contribution >= 4 is 0 Å². The Balaban J connectivity index is 1.95. The molecule has 1 atom stereocenters. The van der Waals surface area contributed by atoms with Gasteiger partial charge in [-0.25, -0.2) is 4.39 Å². The molecule has 0 aliphatic carbocycles. The molecule has 2 rings (SSSR count). The normalized spacial score (nSPS) is 12.3. The first-order valence-corrected chi connectivity index (χ1v) is 7.70. The highest BCUT2D eigenvalue weighted by atomic mass is 19.1. The van der Waals surface area contributed by atoms with Gasteiger partial charge in [-0.05, 0) is 56.0 Å². The number of nitrogens with one attached hydrogen (secondary N) is 1. The van der Waals surface area contributed by atoms with Gasteiger partial charge in [-0.15, -0.1) is 0 Å². The third-order valence-electron chi connectivity index (χ3n) is 3.73. The predicted octanol–water partition coefficient (Wildman–Crippen LogP) is 4.29. The highest BCUT2D eigenvalue weighted by Crippen LogP contribution is 2.12. The van der Waals surface area contributed by atoms with Crippen LogP contribution >= 0.6 is 0 Å². The molecule has 0 aromatic heterocycles. The molecule has 2 aromatic carbocycles. The maximum atomic E-state index is 13.3. The second-order valence-electron chi connectivity index (χ2n) is 5.62. The molecule has 112 valence electrons. The van der Waals surface area contributed by atoms with Gasteiger partial charge in [-0.1, -0.05) is 48.9 Å². The van der Waals surface area contributed by atoms with Crippen molar-refractivity contribution in [3.05, 3.63) is 71.0 Å². The lowest BCUT2D eigenvalue weighted by Gasteiger charge is -2.18. The summed E-state index contributed by atoms with van der Waals surface area (Å²) in [5.74, 6) is -0.151. The zero-order valence-electron chi connectivity index (χ0n) is 12.9. The van der Waals surface area contributed by atoms with E-state index in [0.29, 0.717) is 6.04 Å². The van der Waals surface area contributed by atoms with Gasteiger partial charge < -0.3 is 5.32 Å². The molecule has 0 fully saturated rings. The summed E-state index contributed by atoms with van der Waals surface area (Å²) in [7, 11) is 0. The molecule has 0 saturated carbocycles. The van der Waals surface area contributed by atoms with E-state index in [1.165, 1.54) is 17.2 Å². The number of hydrogen-bond donors (Lipinski definition) is 1. The first-order chi connectivity index (χ1) is 10.2. The molecule has 0 saturated heterocycles. The number of aryl methyl sites for hydroxylation is 2. The van der Waals surface area contributed by atoms with Crippen molar-refractivity contribution in [3.8, 4) is 0 Å². The minimum Gasteiger partial charge on any atom is -0.314 e. The van der Waals surface area contributed by atoms with Crippen molar-refractivity contribution in [2.75, 3.05) is 6.54 Å². The van der Waals surface area contributed by atoms with Crippen LogP contribution in [0.5, 0.6) is 0 Å². The average Bonchev–Trinajstić information content (AvgIpc) is 2.45. The van der Waals surface area contributed by atoms with Gasteiger partial charge in [0, 0.05) is 6.04 Å². The van der Waals surface area contributed by atoms with Crippen LogP contribution in [0.15, 0.2) is 48.5 Å². The quantitative estimate of drug-likeness (QED) is 0.800. The molecule has 0 aliphatic heterocycles. The molecular formula is C19H24FN. The Kier molecular flexibility index (Phi) is 5.94. The Hall–Kier alpha value is -1.67. The summed E-state index contributed by atoms with van der Waals surface area (Å²) < 4.78 is 13.3. The molecule has 1 nitrogen and oxygen atoms in total. The fraction of sp³-hybridized carbons (Fsp3) is 0.368. The summed E-state index contributed by atoms with van der Waals surface area (Å²) in [5, 5.41) is 3.51. The van der Waals surface area contributed by atoms with Crippen LogP contribution in [0.3, 0.4) is 0 Å². The van der Waals surface area contributed by atoms with Crippen molar-refractivity contribution in [1.29, 1.82) is 0 Å². The highest BCUT2D eigenvalue weighted by Gasteiger charge is 2.09. The molecule has 1 N–H and O–H groups in total. The lowest BCUT2D eigenvalue weighted by atomic mass is 9.98. The number of benzene rings is 2. The molecule has 0 amide bonds. The number of hydrogen-bond acceptors (Lipinski definition) is 1. The summed E-state index contributed by atoms with van der Waals surface area (Å²) >= 11 is 0. The van der Waals surface area contributed by atoms with Gasteiger partial charge in [0.05, 0.1) is 0 Å². The van der Waals surface area contributed by atoms with Gasteiger partial charge in [0.25, 0.3) is 0 Å². The first-order valence-electron chi connectivity index (χ1n) is 7.70. The number of rotatable bonds is 7. The van der Waals surface area contributed by atoms with Crippen LogP contribution in [0.4, 0.5) is 4.39 Å². The largest absolute Gasteiger partial charge is 0.314 e. The van der Waals surface area contributed by atoms with Crippen LogP contribution in [-0.2, 0) is 12.8 Å². The van der Waals surface area contributed by atoms with Crippen molar-refractivity contribution in [1.82, 2.24) is 5.32 Å². The fourth-order valence-corrected chi connectivity index (χ4v) is 2.72. The second-order valence-corrected chi connectivity index (χ2v) is 5.62. The molecule has 2 heteroatoms. The fourth-order valence-electron chi connectivity index (χ4n) is 2.72. The summed E-state index contributed by atoms with van der Waals surface area (Å²) in [6.45, 7) is 5.18. The molecule has 0 heterocycles. The molecule has 2 aromatic rings. The van der Waals surface area contributed by atoms with Crippen LogP contribution in [-0.4, -0.2) is 12.6 Å². The molecule has 0 radical (unpaired) electrons. The van der Waals surface area contributed by atoms with E-state index in [2.05, 4.69) is 43.4 Å². The summed E-state index contributed by atoms with van der Waals surface area (Å²) in [4.78, 5) is 0. The minimum atomic E-state index is -0.151. The molecule has 0 spiro atoms. The zero-order chi connectivity index (χ0) is 15.1. The lowest BCUT2D eigenvalue weighted by molar-refractivity contribution is 0.490. The number of likely N-dealkylation sites (N-methyl/N-ethyl adjacent to an activating group) is 1. The van der Waals surface area contributed by atoms with Gasteiger partial charge in [0.1, 0.15) is 5.82 Å². The third kappa shape index (κ3) is 5.31. The smallest absolute Gasteiger partial charge is 0.123 e. The summed E-state index contributed by atoms with van der Waals surface area (Å²) in [6.07, 6.45) is 2.99. The Labute approximate surface area is 127 Å². The van der Waals surface area contributed by atoms with Crippen LogP contribution in [0, 0.1) is 12.7 Å². The molecular weight excluding hydrogens is 261 g/mol. The first kappa shape index (κ1) is 15.7. The van der Waals surface area contributed by atoms with Gasteiger partial charge in [-0.3, -0.25) is 0 Å². The topological polar surface area (TPSA) is 12.0 Å². The minimum absolute atomic E-state index is 0.151. The van der Waals surface area contributed by atoms with Gasteiger partial charge in [0.2, 0.25) is 0 Å². The molecule has 0 aliphatic rings. The van der Waals surface area contributed by atoms with Gasteiger partial charge in [-0.2, -0.15) is 0 Å². The van der Waals surface area contributed by atoms with E-state index in [0.717, 1.165) is 31.4 Å². The van der Waals surface area contributed by atoms with Crippen LogP contribution in [0.25, 0.3) is 0 Å². The Morgan fingerprint density at radius 1 is 1.05 bits per heavy atom. The van der Waals surface area contributed by atoms with Crippen LogP contribution in [0.2, 0.25) is 0 Å². The Morgan fingerprint density at radius 3 is 2.52 bits per heavy atom. The van der Waals surface area contributed by atoms with Gasteiger partial charge >= 0.3 is 0 Å². The molecule has 21 heavy (non-hydrogen) atoms. The van der Waals surface area contributed by atoms with E-state index < -0.39 is 0 Å². The zero-order valence-corrected chi connectivity index (χ0v) is 12.9. The highest BCUT2D eigenvalue weighted by molar-refractivity contribution is 5.22. The van der Waals surface area contributed by atoms with Crippen LogP contribution in [0.1, 0.15) is 30.0 Å². The van der Waals surface area contributed by atoms with Gasteiger partial charge in [0.15, 0.2) is 0 Å². The van der Waals surface area contributed by atoms with E-state index in [1.54, 1.807) is 12.1 Å². The summed E-state index contributed by atoms with van der Waals surface area (Å²) in [6, 6.07) is 16.0. The van der Waals surface area contributed by atoms with E-state index in [9.17, 15) is 4.39 Å². The SMILES string of the molecule is CCNC(CCc1cccc(C)c1)Cc1cccc(F)c1. The van der Waals surface area contributed by atoms with E-state index in [4.69, 9.17) is 0 Å². The van der Waals surface area contributed by atoms with Crippen molar-refractivity contribution in [2.45, 2.75) is 39.2 Å². The van der Waals surface area contributed by atoms with Crippen molar-refractivity contribution in [2.24, 2.45) is 0 Å². The third-order valence-corrected chi connectivity index (χ3v) is 3.73. The van der Waals surface area contributed by atoms with E-state index in [-0.39, 0.29) is 5.82 Å². The monoisotopic (exact) mass is 285 g/mol. The number of halogens is 1. The van der Waals surface area contributed by atoms with Crippen LogP contribution < -0.4 is 5.32 Å². The summed E-state index contributed by atoms with van der Waals surface area (Å²) in [5.41, 5.74) is 3.74. The van der Waals surface area contributed by atoms with Crippen molar-refractivity contribution < 1.29 is 4.39 Å². The predicted molar refractivity (Wildman–Crippen MR) is 87.1 cm³/mol. The average molecular weight is 285 g/mol. The molecule has 0 bridgehead atoms. The van der Waals surface area contributed by atoms with E-state index >= 15 is 0 Å². The maximum Gasteiger partial charge on any atom is 0.123 e. The standard InChI is InChI=1S/C19H24FN/c1-3-21-19(14-17-8-5-9-18(20)13-17)11-10-16-7-4-6-15(2)12-16/h4-9,12-13,19,21H,3,10-11,14H2,1-2H3.